The van der Waals surface area contributed by atoms with Gasteiger partial charge in [-0.15, -0.1) is 0 Å². The fraction of sp³-hybridized carbons (Fsp3) is 0.263. The van der Waals surface area contributed by atoms with E-state index in [1.165, 1.54) is 0 Å². The lowest BCUT2D eigenvalue weighted by molar-refractivity contribution is -0.123. The van der Waals surface area contributed by atoms with Crippen LogP contribution in [0.5, 0.6) is 11.5 Å². The number of carbonyl (C=O) groups excluding carboxylic acids is 1. The van der Waals surface area contributed by atoms with Gasteiger partial charge >= 0.3 is 0 Å². The molecule has 6 heteroatoms. The molecule has 0 unspecified atom stereocenters. The molecule has 2 rings (SSSR count). The summed E-state index contributed by atoms with van der Waals surface area (Å²) >= 11 is 5.89. The van der Waals surface area contributed by atoms with Crippen molar-refractivity contribution in [1.29, 1.82) is 0 Å². The molecule has 132 valence electrons. The maximum atomic E-state index is 11.8. The first-order chi connectivity index (χ1) is 11.9. The quantitative estimate of drug-likeness (QED) is 0.629. The maximum absolute atomic E-state index is 11.8. The molecule has 0 radical (unpaired) electrons. The number of methoxy groups -OCH3 is 1. The van der Waals surface area contributed by atoms with E-state index in [1.807, 2.05) is 32.9 Å². The Hall–Kier alpha value is -2.53. The highest BCUT2D eigenvalue weighted by Crippen LogP contribution is 2.23. The molecule has 0 saturated carbocycles. The average Bonchev–Trinajstić information content (AvgIpc) is 2.58. The summed E-state index contributed by atoms with van der Waals surface area (Å²) in [5.74, 6) is 1.10. The van der Waals surface area contributed by atoms with Crippen LogP contribution in [0.3, 0.4) is 0 Å². The van der Waals surface area contributed by atoms with Gasteiger partial charge in [-0.25, -0.2) is 5.43 Å². The first-order valence-electron chi connectivity index (χ1n) is 7.77. The molecule has 2 aromatic carbocycles. The van der Waals surface area contributed by atoms with Gasteiger partial charge in [0.05, 0.1) is 13.3 Å². The molecule has 0 fully saturated rings. The first kappa shape index (κ1) is 18.8. The smallest absolute Gasteiger partial charge is 0.277 e. The van der Waals surface area contributed by atoms with E-state index in [9.17, 15) is 4.79 Å². The molecule has 0 aliphatic carbocycles. The SMILES string of the molecule is COc1ccc(/C=N/NC(=O)COc2ccc(Cl)cc2C)c(C)c1C. The zero-order valence-corrected chi connectivity index (χ0v) is 15.5. The number of hydrogen-bond acceptors (Lipinski definition) is 4. The normalized spacial score (nSPS) is 10.8. The third-order valence-electron chi connectivity index (χ3n) is 3.89. The Morgan fingerprint density at radius 1 is 1.16 bits per heavy atom. The van der Waals surface area contributed by atoms with Crippen molar-refractivity contribution in [3.05, 3.63) is 57.6 Å². The van der Waals surface area contributed by atoms with Gasteiger partial charge in [0.15, 0.2) is 6.61 Å². The fourth-order valence-corrected chi connectivity index (χ4v) is 2.53. The van der Waals surface area contributed by atoms with Gasteiger partial charge in [-0.3, -0.25) is 4.79 Å². The number of nitrogens with zero attached hydrogens (tertiary/aromatic N) is 1. The van der Waals surface area contributed by atoms with Crippen LogP contribution in [0.2, 0.25) is 5.02 Å². The Bertz CT molecular complexity index is 803. The highest BCUT2D eigenvalue weighted by Gasteiger charge is 2.06. The standard InChI is InChI=1S/C19H21ClN2O3/c1-12-9-16(20)6-8-17(12)25-11-19(23)22-21-10-15-5-7-18(24-4)14(3)13(15)2/h5-10H,11H2,1-4H3,(H,22,23)/b21-10+. The van der Waals surface area contributed by atoms with Crippen LogP contribution in [-0.4, -0.2) is 25.8 Å². The molecular weight excluding hydrogens is 340 g/mol. The van der Waals surface area contributed by atoms with Gasteiger partial charge in [-0.05, 0) is 73.4 Å². The second kappa shape index (κ2) is 8.53. The maximum Gasteiger partial charge on any atom is 0.277 e. The van der Waals surface area contributed by atoms with Crippen LogP contribution >= 0.6 is 11.6 Å². The van der Waals surface area contributed by atoms with Crippen LogP contribution in [0.4, 0.5) is 0 Å². The van der Waals surface area contributed by atoms with Crippen LogP contribution in [0.15, 0.2) is 35.4 Å². The largest absolute Gasteiger partial charge is 0.496 e. The van der Waals surface area contributed by atoms with E-state index in [4.69, 9.17) is 21.1 Å². The lowest BCUT2D eigenvalue weighted by Crippen LogP contribution is -2.24. The predicted octanol–water partition coefficient (Wildman–Crippen LogP) is 3.80. The monoisotopic (exact) mass is 360 g/mol. The van der Waals surface area contributed by atoms with Crippen molar-refractivity contribution in [2.75, 3.05) is 13.7 Å². The summed E-state index contributed by atoms with van der Waals surface area (Å²) in [6.45, 7) is 5.70. The molecule has 0 aliphatic heterocycles. The summed E-state index contributed by atoms with van der Waals surface area (Å²) in [4.78, 5) is 11.8. The Morgan fingerprint density at radius 2 is 1.88 bits per heavy atom. The van der Waals surface area contributed by atoms with E-state index in [1.54, 1.807) is 31.5 Å². The van der Waals surface area contributed by atoms with Gasteiger partial charge in [0.25, 0.3) is 5.91 Å². The molecule has 0 bridgehead atoms. The molecule has 0 aliphatic rings. The number of ether oxygens (including phenoxy) is 2. The van der Waals surface area contributed by atoms with Crippen molar-refractivity contribution >= 4 is 23.7 Å². The summed E-state index contributed by atoms with van der Waals surface area (Å²) < 4.78 is 10.7. The zero-order chi connectivity index (χ0) is 18.4. The van der Waals surface area contributed by atoms with Gasteiger partial charge in [0, 0.05) is 5.02 Å². The third kappa shape index (κ3) is 4.97. The van der Waals surface area contributed by atoms with Gasteiger partial charge in [-0.1, -0.05) is 11.6 Å². The van der Waals surface area contributed by atoms with E-state index in [-0.39, 0.29) is 12.5 Å². The second-order valence-corrected chi connectivity index (χ2v) is 6.04. The van der Waals surface area contributed by atoms with Crippen LogP contribution in [-0.2, 0) is 4.79 Å². The molecule has 0 atom stereocenters. The summed E-state index contributed by atoms with van der Waals surface area (Å²) in [7, 11) is 1.64. The van der Waals surface area contributed by atoms with E-state index >= 15 is 0 Å². The van der Waals surface area contributed by atoms with Crippen molar-refractivity contribution in [1.82, 2.24) is 5.43 Å². The van der Waals surface area contributed by atoms with E-state index in [2.05, 4.69) is 10.5 Å². The zero-order valence-electron chi connectivity index (χ0n) is 14.7. The number of halogens is 1. The minimum atomic E-state index is -0.339. The van der Waals surface area contributed by atoms with E-state index in [0.29, 0.717) is 10.8 Å². The van der Waals surface area contributed by atoms with E-state index in [0.717, 1.165) is 28.0 Å². The average molecular weight is 361 g/mol. The highest BCUT2D eigenvalue weighted by molar-refractivity contribution is 6.30. The van der Waals surface area contributed by atoms with E-state index < -0.39 is 0 Å². The topological polar surface area (TPSA) is 59.9 Å². The molecule has 1 amide bonds. The second-order valence-electron chi connectivity index (χ2n) is 5.60. The number of carbonyl (C=O) groups is 1. The van der Waals surface area contributed by atoms with Gasteiger partial charge in [-0.2, -0.15) is 5.10 Å². The van der Waals surface area contributed by atoms with Crippen LogP contribution < -0.4 is 14.9 Å². The number of hydrogen-bond donors (Lipinski definition) is 1. The van der Waals surface area contributed by atoms with Crippen LogP contribution in [0.25, 0.3) is 0 Å². The molecule has 0 heterocycles. The summed E-state index contributed by atoms with van der Waals surface area (Å²) in [5.41, 5.74) is 6.32. The molecule has 2 aromatic rings. The minimum absolute atomic E-state index is 0.125. The Labute approximate surface area is 152 Å². The predicted molar refractivity (Wildman–Crippen MR) is 99.9 cm³/mol. The fourth-order valence-electron chi connectivity index (χ4n) is 2.30. The Morgan fingerprint density at radius 3 is 2.56 bits per heavy atom. The van der Waals surface area contributed by atoms with Crippen LogP contribution in [0, 0.1) is 20.8 Å². The summed E-state index contributed by atoms with van der Waals surface area (Å²) in [5, 5.41) is 4.61. The Kier molecular flexibility index (Phi) is 6.42. The number of benzene rings is 2. The lowest BCUT2D eigenvalue weighted by Gasteiger charge is -2.10. The minimum Gasteiger partial charge on any atom is -0.496 e. The molecule has 1 N–H and O–H groups in total. The lowest BCUT2D eigenvalue weighted by atomic mass is 10.0. The van der Waals surface area contributed by atoms with Crippen molar-refractivity contribution in [3.63, 3.8) is 0 Å². The van der Waals surface area contributed by atoms with Crippen molar-refractivity contribution in [2.45, 2.75) is 20.8 Å². The number of aryl methyl sites for hydroxylation is 1. The molecule has 0 saturated heterocycles. The van der Waals surface area contributed by atoms with Gasteiger partial charge < -0.3 is 9.47 Å². The molecule has 25 heavy (non-hydrogen) atoms. The molecule has 5 nitrogen and oxygen atoms in total. The van der Waals surface area contributed by atoms with Crippen LogP contribution in [0.1, 0.15) is 22.3 Å². The Balaban J connectivity index is 1.91. The highest BCUT2D eigenvalue weighted by atomic mass is 35.5. The summed E-state index contributed by atoms with van der Waals surface area (Å²) in [6, 6.07) is 9.00. The van der Waals surface area contributed by atoms with Crippen molar-refractivity contribution in [3.8, 4) is 11.5 Å². The summed E-state index contributed by atoms with van der Waals surface area (Å²) in [6.07, 6.45) is 1.60. The number of rotatable bonds is 6. The van der Waals surface area contributed by atoms with Crippen molar-refractivity contribution in [2.24, 2.45) is 5.10 Å². The molecular formula is C19H21ClN2O3. The molecule has 0 spiro atoms. The number of hydrazone groups is 1. The van der Waals surface area contributed by atoms with Gasteiger partial charge in [0.1, 0.15) is 11.5 Å². The number of amides is 1. The van der Waals surface area contributed by atoms with Gasteiger partial charge in [0.2, 0.25) is 0 Å². The first-order valence-corrected chi connectivity index (χ1v) is 8.15. The number of nitrogens with one attached hydrogen (secondary N) is 1. The molecule has 0 aromatic heterocycles. The van der Waals surface area contributed by atoms with Crippen molar-refractivity contribution < 1.29 is 14.3 Å². The third-order valence-corrected chi connectivity index (χ3v) is 4.12.